The average Bonchev–Trinajstić information content (AvgIpc) is 3.34. The Hall–Kier alpha value is -3.19. The molecule has 1 aliphatic rings. The summed E-state index contributed by atoms with van der Waals surface area (Å²) in [7, 11) is 1.60. The van der Waals surface area contributed by atoms with Crippen molar-refractivity contribution in [2.45, 2.75) is 25.9 Å². The second-order valence-electron chi connectivity index (χ2n) is 7.20. The maximum Gasteiger partial charge on any atom is 0.269 e. The van der Waals surface area contributed by atoms with Gasteiger partial charge in [-0.25, -0.2) is 0 Å². The molecular formula is C22H24N4O3. The molecule has 7 heteroatoms. The molecular weight excluding hydrogens is 368 g/mol. The number of rotatable bonds is 6. The van der Waals surface area contributed by atoms with Crippen molar-refractivity contribution in [1.82, 2.24) is 9.47 Å². The second kappa shape index (κ2) is 8.45. The Morgan fingerprint density at radius 1 is 1.10 bits per heavy atom. The fourth-order valence-electron chi connectivity index (χ4n) is 3.70. The third-order valence-electron chi connectivity index (χ3n) is 5.23. The van der Waals surface area contributed by atoms with Crippen LogP contribution in [0.5, 0.6) is 11.6 Å². The Balaban J connectivity index is 1.56. The number of amides is 1. The molecule has 0 radical (unpaired) electrons. The third kappa shape index (κ3) is 4.14. The number of hydrogen-bond donors (Lipinski definition) is 1. The highest BCUT2D eigenvalue weighted by atomic mass is 16.5. The van der Waals surface area contributed by atoms with Crippen molar-refractivity contribution in [2.24, 2.45) is 10.2 Å². The monoisotopic (exact) mass is 392 g/mol. The molecule has 1 N–H and O–H groups in total. The number of hydrogen-bond acceptors (Lipinski definition) is 5. The van der Waals surface area contributed by atoms with Gasteiger partial charge in [0.25, 0.3) is 5.91 Å². The first-order valence-electron chi connectivity index (χ1n) is 9.76. The Morgan fingerprint density at radius 2 is 1.83 bits per heavy atom. The number of likely N-dealkylation sites (tertiary alicyclic amines) is 1. The smallest absolute Gasteiger partial charge is 0.269 e. The number of ether oxygens (including phenoxy) is 1. The Bertz CT molecular complexity index is 1030. The Morgan fingerprint density at radius 3 is 2.55 bits per heavy atom. The van der Waals surface area contributed by atoms with E-state index in [1.165, 1.54) is 12.8 Å². The van der Waals surface area contributed by atoms with E-state index in [2.05, 4.69) is 15.1 Å². The molecule has 7 nitrogen and oxygen atoms in total. The number of para-hydroxylation sites is 1. The number of carbonyl (C=O) groups excluding carboxylic acids is 1. The molecule has 0 aliphatic carbocycles. The van der Waals surface area contributed by atoms with Crippen LogP contribution in [0.3, 0.4) is 0 Å². The molecule has 3 aromatic rings. The van der Waals surface area contributed by atoms with Crippen LogP contribution in [-0.4, -0.2) is 40.7 Å². The standard InChI is InChI=1S/C22H24N4O3/c1-29-17-10-8-16(9-11-17)14-20(27)23-24-21-18-6-2-3-7-19(18)26(22(21)28)15-25-12-4-5-13-25/h2-3,6-11,28H,4-5,12-15H2,1H3. The lowest BCUT2D eigenvalue weighted by Gasteiger charge is -2.17. The highest BCUT2D eigenvalue weighted by Crippen LogP contribution is 2.39. The second-order valence-corrected chi connectivity index (χ2v) is 7.20. The maximum atomic E-state index is 12.3. The first-order chi connectivity index (χ1) is 14.2. The minimum Gasteiger partial charge on any atom is -0.497 e. The van der Waals surface area contributed by atoms with E-state index in [1.54, 1.807) is 19.2 Å². The normalized spacial score (nSPS) is 14.8. The van der Waals surface area contributed by atoms with Gasteiger partial charge in [0, 0.05) is 5.39 Å². The molecule has 0 saturated carbocycles. The molecule has 29 heavy (non-hydrogen) atoms. The van der Waals surface area contributed by atoms with Gasteiger partial charge in [0.15, 0.2) is 5.69 Å². The van der Waals surface area contributed by atoms with Crippen LogP contribution in [0.25, 0.3) is 10.9 Å². The van der Waals surface area contributed by atoms with Gasteiger partial charge in [-0.1, -0.05) is 30.3 Å². The van der Waals surface area contributed by atoms with E-state index in [1.807, 2.05) is 41.0 Å². The SMILES string of the molecule is COc1ccc(CC(=O)N=Nc2c(O)n(CN3CCCC3)c3ccccc23)cc1. The van der Waals surface area contributed by atoms with Gasteiger partial charge in [-0.3, -0.25) is 14.3 Å². The molecule has 1 aliphatic heterocycles. The Kier molecular flexibility index (Phi) is 5.57. The Labute approximate surface area is 169 Å². The minimum atomic E-state index is -0.369. The van der Waals surface area contributed by atoms with Crippen LogP contribution in [0.4, 0.5) is 5.69 Å². The fraction of sp³-hybridized carbons (Fsp3) is 0.318. The van der Waals surface area contributed by atoms with Gasteiger partial charge < -0.3 is 9.84 Å². The molecule has 1 fully saturated rings. The number of carbonyl (C=O) groups is 1. The predicted octanol–water partition coefficient (Wildman–Crippen LogP) is 4.26. The lowest BCUT2D eigenvalue weighted by Crippen LogP contribution is -2.22. The molecule has 0 atom stereocenters. The summed E-state index contributed by atoms with van der Waals surface area (Å²) in [5, 5.41) is 19.5. The molecule has 150 valence electrons. The average molecular weight is 392 g/mol. The van der Waals surface area contributed by atoms with Crippen molar-refractivity contribution in [3.05, 3.63) is 54.1 Å². The van der Waals surface area contributed by atoms with Gasteiger partial charge >= 0.3 is 0 Å². The number of azo groups is 1. The number of fused-ring (bicyclic) bond motifs is 1. The summed E-state index contributed by atoms with van der Waals surface area (Å²) in [6.07, 6.45) is 2.49. The van der Waals surface area contributed by atoms with E-state index >= 15 is 0 Å². The molecule has 1 saturated heterocycles. The van der Waals surface area contributed by atoms with Crippen LogP contribution in [-0.2, 0) is 17.9 Å². The molecule has 4 rings (SSSR count). The van der Waals surface area contributed by atoms with Gasteiger partial charge in [-0.2, -0.15) is 0 Å². The first kappa shape index (κ1) is 19.1. The fourth-order valence-corrected chi connectivity index (χ4v) is 3.70. The lowest BCUT2D eigenvalue weighted by molar-refractivity contribution is -0.117. The zero-order valence-corrected chi connectivity index (χ0v) is 16.4. The number of nitrogens with zero attached hydrogens (tertiary/aromatic N) is 4. The van der Waals surface area contributed by atoms with Crippen LogP contribution in [0.15, 0.2) is 58.8 Å². The molecule has 0 bridgehead atoms. The summed E-state index contributed by atoms with van der Waals surface area (Å²) in [5.74, 6) is 0.406. The van der Waals surface area contributed by atoms with E-state index in [0.29, 0.717) is 12.4 Å². The van der Waals surface area contributed by atoms with Gasteiger partial charge in [-0.15, -0.1) is 10.2 Å². The van der Waals surface area contributed by atoms with Crippen LogP contribution >= 0.6 is 0 Å². The van der Waals surface area contributed by atoms with E-state index in [4.69, 9.17) is 4.74 Å². The van der Waals surface area contributed by atoms with Crippen LogP contribution in [0.2, 0.25) is 0 Å². The van der Waals surface area contributed by atoms with Crippen molar-refractivity contribution in [2.75, 3.05) is 20.2 Å². The van der Waals surface area contributed by atoms with E-state index in [0.717, 1.165) is 35.3 Å². The van der Waals surface area contributed by atoms with Crippen molar-refractivity contribution in [3.8, 4) is 11.6 Å². The summed E-state index contributed by atoms with van der Waals surface area (Å²) in [4.78, 5) is 14.6. The van der Waals surface area contributed by atoms with Crippen molar-refractivity contribution in [1.29, 1.82) is 0 Å². The minimum absolute atomic E-state index is 0.0408. The molecule has 1 amide bonds. The quantitative estimate of drug-likeness (QED) is 0.636. The van der Waals surface area contributed by atoms with Crippen LogP contribution in [0.1, 0.15) is 18.4 Å². The molecule has 2 heterocycles. The number of methoxy groups -OCH3 is 1. The summed E-state index contributed by atoms with van der Waals surface area (Å²) in [6.45, 7) is 2.63. The summed E-state index contributed by atoms with van der Waals surface area (Å²) < 4.78 is 6.96. The summed E-state index contributed by atoms with van der Waals surface area (Å²) in [6, 6.07) is 14.9. The van der Waals surface area contributed by atoms with E-state index < -0.39 is 0 Å². The van der Waals surface area contributed by atoms with E-state index in [9.17, 15) is 9.90 Å². The van der Waals surface area contributed by atoms with Crippen molar-refractivity contribution in [3.63, 3.8) is 0 Å². The predicted molar refractivity (Wildman–Crippen MR) is 111 cm³/mol. The number of benzene rings is 2. The lowest BCUT2D eigenvalue weighted by atomic mass is 10.1. The highest BCUT2D eigenvalue weighted by molar-refractivity contribution is 5.95. The molecule has 2 aromatic carbocycles. The molecule has 0 spiro atoms. The van der Waals surface area contributed by atoms with Gasteiger partial charge in [0.1, 0.15) is 5.75 Å². The first-order valence-corrected chi connectivity index (χ1v) is 9.76. The van der Waals surface area contributed by atoms with Crippen molar-refractivity contribution >= 4 is 22.5 Å². The van der Waals surface area contributed by atoms with Gasteiger partial charge in [0.05, 0.1) is 25.7 Å². The van der Waals surface area contributed by atoms with Crippen LogP contribution in [0, 0.1) is 0 Å². The van der Waals surface area contributed by atoms with E-state index in [-0.39, 0.29) is 18.2 Å². The van der Waals surface area contributed by atoms with Gasteiger partial charge in [0.2, 0.25) is 5.88 Å². The summed E-state index contributed by atoms with van der Waals surface area (Å²) in [5.41, 5.74) is 2.05. The third-order valence-corrected chi connectivity index (χ3v) is 5.23. The van der Waals surface area contributed by atoms with Crippen molar-refractivity contribution < 1.29 is 14.6 Å². The maximum absolute atomic E-state index is 12.3. The van der Waals surface area contributed by atoms with Gasteiger partial charge in [-0.05, 0) is 49.7 Å². The summed E-state index contributed by atoms with van der Waals surface area (Å²) >= 11 is 0. The number of aromatic hydroxyl groups is 1. The number of aromatic nitrogens is 1. The molecule has 1 aromatic heterocycles. The zero-order chi connectivity index (χ0) is 20.2. The zero-order valence-electron chi connectivity index (χ0n) is 16.4. The largest absolute Gasteiger partial charge is 0.497 e. The topological polar surface area (TPSA) is 79.4 Å². The molecule has 0 unspecified atom stereocenters. The van der Waals surface area contributed by atoms with Crippen LogP contribution < -0.4 is 4.74 Å². The highest BCUT2D eigenvalue weighted by Gasteiger charge is 2.20.